The number of halogens is 2. The van der Waals surface area contributed by atoms with E-state index in [2.05, 4.69) is 20.7 Å². The Morgan fingerprint density at radius 2 is 1.83 bits per heavy atom. The SMILES string of the molecule is Cl.Nc1ncc(-c2cnn(CCO)c2)c2scc(-c3ccc(NC(=O)Nc4cccc(F)c4)cc3)c12. The third kappa shape index (κ3) is 5.15. The highest BCUT2D eigenvalue weighted by atomic mass is 35.5. The summed E-state index contributed by atoms with van der Waals surface area (Å²) in [7, 11) is 0. The topological polar surface area (TPSA) is 118 Å². The van der Waals surface area contributed by atoms with E-state index in [1.165, 1.54) is 18.2 Å². The van der Waals surface area contributed by atoms with Gasteiger partial charge in [0, 0.05) is 50.5 Å². The molecule has 0 spiro atoms. The van der Waals surface area contributed by atoms with E-state index >= 15 is 0 Å². The summed E-state index contributed by atoms with van der Waals surface area (Å²) in [6.07, 6.45) is 5.36. The molecule has 184 valence electrons. The minimum atomic E-state index is -0.468. The molecule has 0 unspecified atom stereocenters. The fourth-order valence-electron chi connectivity index (χ4n) is 3.81. The Hall–Kier alpha value is -3.99. The van der Waals surface area contributed by atoms with Gasteiger partial charge in [-0.25, -0.2) is 14.2 Å². The summed E-state index contributed by atoms with van der Waals surface area (Å²) in [6.45, 7) is 0.429. The molecule has 8 nitrogen and oxygen atoms in total. The Labute approximate surface area is 216 Å². The van der Waals surface area contributed by atoms with Crippen molar-refractivity contribution in [2.45, 2.75) is 6.54 Å². The first-order valence-corrected chi connectivity index (χ1v) is 11.6. The number of aliphatic hydroxyl groups is 1. The van der Waals surface area contributed by atoms with Crippen molar-refractivity contribution in [3.63, 3.8) is 0 Å². The van der Waals surface area contributed by atoms with Gasteiger partial charge in [-0.05, 0) is 41.3 Å². The molecule has 2 aromatic carbocycles. The number of hydrogen-bond acceptors (Lipinski definition) is 6. The van der Waals surface area contributed by atoms with Gasteiger partial charge in [0.25, 0.3) is 0 Å². The monoisotopic (exact) mass is 524 g/mol. The minimum absolute atomic E-state index is 0. The standard InChI is InChI=1S/C25H21FN6O2S.ClH/c26-17-2-1-3-19(10-17)31-25(34)30-18-6-4-15(5-7-18)21-14-35-23-20(12-28-24(27)22(21)23)16-11-29-32(13-16)8-9-33;/h1-7,10-14,33H,8-9H2,(H2,27,28)(H2,30,31,34);1H. The normalized spacial score (nSPS) is 10.7. The van der Waals surface area contributed by atoms with Gasteiger partial charge in [-0.15, -0.1) is 23.7 Å². The molecule has 2 amide bonds. The van der Waals surface area contributed by atoms with Crippen molar-refractivity contribution in [1.29, 1.82) is 0 Å². The molecule has 11 heteroatoms. The maximum absolute atomic E-state index is 13.3. The minimum Gasteiger partial charge on any atom is -0.394 e. The number of nitrogens with zero attached hydrogens (tertiary/aromatic N) is 3. The second-order valence-corrected chi connectivity index (χ2v) is 8.67. The lowest BCUT2D eigenvalue weighted by Gasteiger charge is -2.09. The zero-order valence-electron chi connectivity index (χ0n) is 18.8. The number of fused-ring (bicyclic) bond motifs is 1. The molecule has 0 bridgehead atoms. The Morgan fingerprint density at radius 3 is 2.58 bits per heavy atom. The highest BCUT2D eigenvalue weighted by molar-refractivity contribution is 7.18. The van der Waals surface area contributed by atoms with Gasteiger partial charge >= 0.3 is 6.03 Å². The molecule has 3 heterocycles. The number of anilines is 3. The van der Waals surface area contributed by atoms with Gasteiger partial charge in [-0.1, -0.05) is 18.2 Å². The molecule has 0 fully saturated rings. The molecular formula is C25H22ClFN6O2S. The summed E-state index contributed by atoms with van der Waals surface area (Å²) in [5.41, 5.74) is 10.9. The van der Waals surface area contributed by atoms with Gasteiger partial charge in [0.1, 0.15) is 11.6 Å². The number of nitrogen functional groups attached to an aromatic ring is 1. The number of urea groups is 1. The summed E-state index contributed by atoms with van der Waals surface area (Å²) >= 11 is 1.57. The lowest BCUT2D eigenvalue weighted by atomic mass is 10.0. The van der Waals surface area contributed by atoms with Crippen LogP contribution in [0.3, 0.4) is 0 Å². The van der Waals surface area contributed by atoms with Crippen LogP contribution in [0.25, 0.3) is 32.3 Å². The first-order valence-electron chi connectivity index (χ1n) is 10.7. The number of carbonyl (C=O) groups excluding carboxylic acids is 1. The molecule has 5 rings (SSSR count). The largest absolute Gasteiger partial charge is 0.394 e. The maximum atomic E-state index is 13.3. The molecule has 0 aliphatic carbocycles. The smallest absolute Gasteiger partial charge is 0.323 e. The Morgan fingerprint density at radius 1 is 1.06 bits per heavy atom. The van der Waals surface area contributed by atoms with Gasteiger partial charge in [0.05, 0.1) is 19.3 Å². The summed E-state index contributed by atoms with van der Waals surface area (Å²) < 4.78 is 16.0. The average molecular weight is 525 g/mol. The number of thiophene rings is 1. The number of pyridine rings is 1. The van der Waals surface area contributed by atoms with Crippen LogP contribution in [0.4, 0.5) is 26.4 Å². The number of nitrogens with one attached hydrogen (secondary N) is 2. The van der Waals surface area contributed by atoms with Crippen molar-refractivity contribution in [2.24, 2.45) is 0 Å². The van der Waals surface area contributed by atoms with E-state index < -0.39 is 11.8 Å². The van der Waals surface area contributed by atoms with Crippen molar-refractivity contribution in [3.8, 4) is 22.3 Å². The van der Waals surface area contributed by atoms with Crippen molar-refractivity contribution in [3.05, 3.63) is 78.3 Å². The van der Waals surface area contributed by atoms with E-state index in [1.807, 2.05) is 23.7 Å². The molecule has 0 aliphatic rings. The average Bonchev–Trinajstić information content (AvgIpc) is 3.48. The number of aromatic nitrogens is 3. The first-order chi connectivity index (χ1) is 17.0. The predicted octanol–water partition coefficient (Wildman–Crippen LogP) is 5.61. The highest BCUT2D eigenvalue weighted by Crippen LogP contribution is 2.41. The zero-order chi connectivity index (χ0) is 24.4. The van der Waals surface area contributed by atoms with Crippen LogP contribution >= 0.6 is 23.7 Å². The number of hydrogen-bond donors (Lipinski definition) is 4. The number of aliphatic hydroxyl groups excluding tert-OH is 1. The van der Waals surface area contributed by atoms with Crippen molar-refractivity contribution < 1.29 is 14.3 Å². The van der Waals surface area contributed by atoms with Crippen LogP contribution in [0.5, 0.6) is 0 Å². The van der Waals surface area contributed by atoms with Crippen molar-refractivity contribution >= 4 is 57.1 Å². The van der Waals surface area contributed by atoms with Crippen molar-refractivity contribution in [1.82, 2.24) is 14.8 Å². The second kappa shape index (κ2) is 10.7. The number of nitrogens with two attached hydrogens (primary N) is 1. The summed E-state index contributed by atoms with van der Waals surface area (Å²) in [6, 6.07) is 12.6. The van der Waals surface area contributed by atoms with Crippen LogP contribution < -0.4 is 16.4 Å². The number of amides is 2. The third-order valence-corrected chi connectivity index (χ3v) is 6.45. The molecule has 5 N–H and O–H groups in total. The fourth-order valence-corrected chi connectivity index (χ4v) is 4.93. The maximum Gasteiger partial charge on any atom is 0.323 e. The lowest BCUT2D eigenvalue weighted by Crippen LogP contribution is -2.19. The number of carbonyl (C=O) groups is 1. The molecular weight excluding hydrogens is 503 g/mol. The van der Waals surface area contributed by atoms with Crippen LogP contribution in [0, 0.1) is 5.82 Å². The van der Waals surface area contributed by atoms with Gasteiger partial charge in [-0.2, -0.15) is 5.10 Å². The molecule has 5 aromatic rings. The molecule has 0 saturated carbocycles. The molecule has 36 heavy (non-hydrogen) atoms. The van der Waals surface area contributed by atoms with E-state index in [4.69, 9.17) is 10.8 Å². The molecule has 0 saturated heterocycles. The van der Waals surface area contributed by atoms with E-state index in [-0.39, 0.29) is 19.0 Å². The van der Waals surface area contributed by atoms with E-state index in [0.29, 0.717) is 23.7 Å². The van der Waals surface area contributed by atoms with Crippen LogP contribution in [0.2, 0.25) is 0 Å². The van der Waals surface area contributed by atoms with E-state index in [1.54, 1.807) is 46.6 Å². The van der Waals surface area contributed by atoms with Crippen LogP contribution in [0.1, 0.15) is 0 Å². The summed E-state index contributed by atoms with van der Waals surface area (Å²) in [4.78, 5) is 16.7. The van der Waals surface area contributed by atoms with Crippen molar-refractivity contribution in [2.75, 3.05) is 23.0 Å². The quantitative estimate of drug-likeness (QED) is 0.230. The highest BCUT2D eigenvalue weighted by Gasteiger charge is 2.16. The lowest BCUT2D eigenvalue weighted by molar-refractivity contribution is 0.262. The Kier molecular flexibility index (Phi) is 7.49. The van der Waals surface area contributed by atoms with Gasteiger partial charge in [0.2, 0.25) is 0 Å². The predicted molar refractivity (Wildman–Crippen MR) is 144 cm³/mol. The molecule has 0 atom stereocenters. The van der Waals surface area contributed by atoms with Gasteiger partial charge in [-0.3, -0.25) is 4.68 Å². The van der Waals surface area contributed by atoms with Gasteiger partial charge in [0.15, 0.2) is 0 Å². The third-order valence-electron chi connectivity index (χ3n) is 5.43. The van der Waals surface area contributed by atoms with Gasteiger partial charge < -0.3 is 21.5 Å². The van der Waals surface area contributed by atoms with E-state index in [9.17, 15) is 9.18 Å². The Bertz CT molecular complexity index is 1520. The molecule has 0 aliphatic heterocycles. The summed E-state index contributed by atoms with van der Waals surface area (Å²) in [5, 5.41) is 21.7. The van der Waals surface area contributed by atoms with Crippen LogP contribution in [-0.4, -0.2) is 32.5 Å². The van der Waals surface area contributed by atoms with Crippen LogP contribution in [-0.2, 0) is 6.54 Å². The van der Waals surface area contributed by atoms with Crippen LogP contribution in [0.15, 0.2) is 72.5 Å². The Balaban J connectivity index is 0.00000304. The molecule has 0 radical (unpaired) electrons. The molecule has 3 aromatic heterocycles. The fraction of sp³-hybridized carbons (Fsp3) is 0.0800. The number of rotatable bonds is 6. The number of benzene rings is 2. The second-order valence-electron chi connectivity index (χ2n) is 7.79. The first kappa shape index (κ1) is 25.1. The van der Waals surface area contributed by atoms with E-state index in [0.717, 1.165) is 32.3 Å². The zero-order valence-corrected chi connectivity index (χ0v) is 20.4. The summed E-state index contributed by atoms with van der Waals surface area (Å²) in [5.74, 6) is 0.00507.